The molecule has 2 heterocycles. The third-order valence-electron chi connectivity index (χ3n) is 5.57. The molecule has 1 amide bonds. The van der Waals surface area contributed by atoms with Crippen molar-refractivity contribution < 1.29 is 9.59 Å². The van der Waals surface area contributed by atoms with Gasteiger partial charge in [0.2, 0.25) is 5.91 Å². The van der Waals surface area contributed by atoms with E-state index in [-0.39, 0.29) is 17.6 Å². The molecule has 136 valence electrons. The van der Waals surface area contributed by atoms with Crippen molar-refractivity contribution in [2.75, 3.05) is 26.2 Å². The molecule has 5 heteroatoms. The van der Waals surface area contributed by atoms with Gasteiger partial charge in [-0.1, -0.05) is 11.6 Å². The van der Waals surface area contributed by atoms with Crippen LogP contribution in [0.2, 0.25) is 5.02 Å². The first-order valence-corrected chi connectivity index (χ1v) is 9.79. The van der Waals surface area contributed by atoms with Crippen molar-refractivity contribution in [2.24, 2.45) is 11.8 Å². The van der Waals surface area contributed by atoms with E-state index in [2.05, 4.69) is 5.32 Å². The molecule has 3 rings (SSSR count). The van der Waals surface area contributed by atoms with Crippen LogP contribution in [0.4, 0.5) is 0 Å². The van der Waals surface area contributed by atoms with Gasteiger partial charge >= 0.3 is 0 Å². The SMILES string of the molecule is O=C(c1ccc(Cl)cc1)C1CCN(C(=O)CCC2CCNCC2)CC1. The van der Waals surface area contributed by atoms with E-state index in [9.17, 15) is 9.59 Å². The standard InChI is InChI=1S/C20H27ClN2O2/c21-18-4-2-16(3-5-18)20(25)17-9-13-23(14-10-17)19(24)6-1-15-7-11-22-12-8-15/h2-5,15,17,22H,1,6-14H2. The summed E-state index contributed by atoms with van der Waals surface area (Å²) in [5.74, 6) is 1.15. The Labute approximate surface area is 154 Å². The van der Waals surface area contributed by atoms with Gasteiger partial charge in [0, 0.05) is 36.0 Å². The molecule has 1 aromatic rings. The van der Waals surface area contributed by atoms with Crippen LogP contribution in [0.3, 0.4) is 0 Å². The fourth-order valence-electron chi connectivity index (χ4n) is 3.90. The lowest BCUT2D eigenvalue weighted by atomic mass is 9.88. The molecule has 25 heavy (non-hydrogen) atoms. The lowest BCUT2D eigenvalue weighted by molar-refractivity contribution is -0.132. The molecule has 0 saturated carbocycles. The fraction of sp³-hybridized carbons (Fsp3) is 0.600. The normalized spacial score (nSPS) is 19.8. The fourth-order valence-corrected chi connectivity index (χ4v) is 4.02. The van der Waals surface area contributed by atoms with E-state index in [1.807, 2.05) is 4.90 Å². The highest BCUT2D eigenvalue weighted by atomic mass is 35.5. The average molecular weight is 363 g/mol. The van der Waals surface area contributed by atoms with Crippen LogP contribution in [0.5, 0.6) is 0 Å². The van der Waals surface area contributed by atoms with Gasteiger partial charge in [0.25, 0.3) is 0 Å². The average Bonchev–Trinajstić information content (AvgIpc) is 2.67. The number of Topliss-reactive ketones (excluding diaryl/α,β-unsaturated/α-hetero) is 1. The van der Waals surface area contributed by atoms with Gasteiger partial charge in [-0.25, -0.2) is 0 Å². The molecule has 0 unspecified atom stereocenters. The van der Waals surface area contributed by atoms with E-state index in [1.165, 1.54) is 12.8 Å². The third kappa shape index (κ3) is 5.05. The molecule has 0 spiro atoms. The van der Waals surface area contributed by atoms with Gasteiger partial charge < -0.3 is 10.2 Å². The zero-order chi connectivity index (χ0) is 17.6. The summed E-state index contributed by atoms with van der Waals surface area (Å²) in [4.78, 5) is 27.0. The van der Waals surface area contributed by atoms with E-state index < -0.39 is 0 Å². The first-order chi connectivity index (χ1) is 12.1. The van der Waals surface area contributed by atoms with Crippen LogP contribution in [-0.2, 0) is 4.79 Å². The molecule has 0 atom stereocenters. The number of hydrogen-bond donors (Lipinski definition) is 1. The lowest BCUT2D eigenvalue weighted by Crippen LogP contribution is -2.40. The van der Waals surface area contributed by atoms with Crippen molar-refractivity contribution in [2.45, 2.75) is 38.5 Å². The highest BCUT2D eigenvalue weighted by molar-refractivity contribution is 6.30. The number of nitrogens with zero attached hydrogens (tertiary/aromatic N) is 1. The van der Waals surface area contributed by atoms with Crippen molar-refractivity contribution in [1.29, 1.82) is 0 Å². The van der Waals surface area contributed by atoms with Crippen molar-refractivity contribution in [3.05, 3.63) is 34.9 Å². The summed E-state index contributed by atoms with van der Waals surface area (Å²) < 4.78 is 0. The van der Waals surface area contributed by atoms with Gasteiger partial charge in [-0.15, -0.1) is 0 Å². The lowest BCUT2D eigenvalue weighted by Gasteiger charge is -2.32. The van der Waals surface area contributed by atoms with E-state index in [4.69, 9.17) is 11.6 Å². The molecule has 1 aromatic carbocycles. The molecular weight excluding hydrogens is 336 g/mol. The molecule has 2 aliphatic heterocycles. The molecular formula is C20H27ClN2O2. The highest BCUT2D eigenvalue weighted by Crippen LogP contribution is 2.24. The number of halogens is 1. The summed E-state index contributed by atoms with van der Waals surface area (Å²) in [5, 5.41) is 4.01. The van der Waals surface area contributed by atoms with Crippen LogP contribution < -0.4 is 5.32 Å². The van der Waals surface area contributed by atoms with Gasteiger partial charge in [0.05, 0.1) is 0 Å². The quantitative estimate of drug-likeness (QED) is 0.815. The maximum absolute atomic E-state index is 12.6. The predicted octanol–water partition coefficient (Wildman–Crippen LogP) is 3.54. The van der Waals surface area contributed by atoms with E-state index in [0.29, 0.717) is 30.5 Å². The summed E-state index contributed by atoms with van der Waals surface area (Å²) in [6.45, 7) is 3.57. The van der Waals surface area contributed by atoms with Gasteiger partial charge in [0.15, 0.2) is 5.78 Å². The highest BCUT2D eigenvalue weighted by Gasteiger charge is 2.28. The Kier molecular flexibility index (Phi) is 6.49. The summed E-state index contributed by atoms with van der Waals surface area (Å²) >= 11 is 5.88. The van der Waals surface area contributed by atoms with Crippen molar-refractivity contribution in [3.8, 4) is 0 Å². The second-order valence-corrected chi connectivity index (χ2v) is 7.69. The van der Waals surface area contributed by atoms with Crippen molar-refractivity contribution in [3.63, 3.8) is 0 Å². The summed E-state index contributed by atoms with van der Waals surface area (Å²) in [5.41, 5.74) is 0.722. The van der Waals surface area contributed by atoms with Crippen LogP contribution in [0, 0.1) is 11.8 Å². The Morgan fingerprint density at radius 3 is 2.32 bits per heavy atom. The minimum Gasteiger partial charge on any atom is -0.343 e. The molecule has 0 aromatic heterocycles. The Hall–Kier alpha value is -1.39. The Balaban J connectivity index is 1.43. The van der Waals surface area contributed by atoms with E-state index in [0.717, 1.165) is 37.9 Å². The number of carbonyl (C=O) groups excluding carboxylic acids is 2. The van der Waals surface area contributed by atoms with Crippen molar-refractivity contribution >= 4 is 23.3 Å². The monoisotopic (exact) mass is 362 g/mol. The molecule has 2 fully saturated rings. The van der Waals surface area contributed by atoms with E-state index >= 15 is 0 Å². The number of likely N-dealkylation sites (tertiary alicyclic amines) is 1. The zero-order valence-electron chi connectivity index (χ0n) is 14.7. The second-order valence-electron chi connectivity index (χ2n) is 7.26. The molecule has 0 bridgehead atoms. The maximum atomic E-state index is 12.6. The molecule has 4 nitrogen and oxygen atoms in total. The summed E-state index contributed by atoms with van der Waals surface area (Å²) in [6, 6.07) is 7.10. The number of hydrogen-bond acceptors (Lipinski definition) is 3. The largest absolute Gasteiger partial charge is 0.343 e. The number of carbonyl (C=O) groups is 2. The van der Waals surface area contributed by atoms with Gasteiger partial charge in [-0.3, -0.25) is 9.59 Å². The van der Waals surface area contributed by atoms with Crippen LogP contribution in [0.15, 0.2) is 24.3 Å². The minimum atomic E-state index is 0.0228. The number of benzene rings is 1. The van der Waals surface area contributed by atoms with Crippen molar-refractivity contribution in [1.82, 2.24) is 10.2 Å². The summed E-state index contributed by atoms with van der Waals surface area (Å²) in [7, 11) is 0. The number of ketones is 1. The van der Waals surface area contributed by atoms with Crippen LogP contribution in [0.25, 0.3) is 0 Å². The summed E-state index contributed by atoms with van der Waals surface area (Å²) in [6.07, 6.45) is 5.56. The molecule has 0 aliphatic carbocycles. The first-order valence-electron chi connectivity index (χ1n) is 9.42. The smallest absolute Gasteiger partial charge is 0.222 e. The third-order valence-corrected chi connectivity index (χ3v) is 5.82. The Morgan fingerprint density at radius 2 is 1.68 bits per heavy atom. The number of piperidine rings is 2. The predicted molar refractivity (Wildman–Crippen MR) is 99.9 cm³/mol. The zero-order valence-corrected chi connectivity index (χ0v) is 15.4. The van der Waals surface area contributed by atoms with Crippen LogP contribution in [0.1, 0.15) is 48.9 Å². The molecule has 1 N–H and O–H groups in total. The molecule has 2 aliphatic rings. The maximum Gasteiger partial charge on any atom is 0.222 e. The molecule has 0 radical (unpaired) electrons. The van der Waals surface area contributed by atoms with Gasteiger partial charge in [-0.05, 0) is 75.4 Å². The number of rotatable bonds is 5. The van der Waals surface area contributed by atoms with Crippen LogP contribution >= 0.6 is 11.6 Å². The number of amides is 1. The topological polar surface area (TPSA) is 49.4 Å². The van der Waals surface area contributed by atoms with Crippen LogP contribution in [-0.4, -0.2) is 42.8 Å². The second kappa shape index (κ2) is 8.81. The minimum absolute atomic E-state index is 0.0228. The van der Waals surface area contributed by atoms with Gasteiger partial charge in [0.1, 0.15) is 0 Å². The molecule has 2 saturated heterocycles. The van der Waals surface area contributed by atoms with Gasteiger partial charge in [-0.2, -0.15) is 0 Å². The number of nitrogens with one attached hydrogen (secondary N) is 1. The van der Waals surface area contributed by atoms with E-state index in [1.54, 1.807) is 24.3 Å². The Bertz CT molecular complexity index is 588. The first kappa shape index (κ1) is 18.4. The Morgan fingerprint density at radius 1 is 1.04 bits per heavy atom.